The molecule has 0 aromatic rings. The van der Waals surface area contributed by atoms with Crippen molar-refractivity contribution in [1.29, 1.82) is 0 Å². The Hall–Kier alpha value is -0.440. The van der Waals surface area contributed by atoms with Gasteiger partial charge in [-0.15, -0.1) is 0 Å². The first-order chi connectivity index (χ1) is 4.18. The largest absolute Gasteiger partial charge is 0.388 e. The molecule has 0 aliphatic carbocycles. The molecule has 3 heteroatoms. The highest BCUT2D eigenvalue weighted by Crippen LogP contribution is 2.04. The lowest BCUT2D eigenvalue weighted by Gasteiger charge is -1.97. The maximum absolute atomic E-state index is 10.6. The standard InChI is InChI=1S/C6H10O2S/c1-4-9-8-6(7)5(2)3/h2,4H2,1,3H3. The average Bonchev–Trinajstić information content (AvgIpc) is 1.82. The van der Waals surface area contributed by atoms with E-state index in [0.29, 0.717) is 5.57 Å². The lowest BCUT2D eigenvalue weighted by Crippen LogP contribution is -1.98. The minimum atomic E-state index is -0.332. The van der Waals surface area contributed by atoms with Crippen LogP contribution >= 0.6 is 12.0 Å². The van der Waals surface area contributed by atoms with E-state index in [1.807, 2.05) is 6.92 Å². The van der Waals surface area contributed by atoms with E-state index in [0.717, 1.165) is 17.8 Å². The minimum Gasteiger partial charge on any atom is -0.388 e. The van der Waals surface area contributed by atoms with Gasteiger partial charge >= 0.3 is 5.97 Å². The summed E-state index contributed by atoms with van der Waals surface area (Å²) in [4.78, 5) is 10.6. The highest BCUT2D eigenvalue weighted by Gasteiger charge is 2.00. The normalized spacial score (nSPS) is 8.67. The first kappa shape index (κ1) is 8.56. The molecule has 52 valence electrons. The SMILES string of the molecule is C=C(C)C(=O)OSCC. The topological polar surface area (TPSA) is 26.3 Å². The van der Waals surface area contributed by atoms with Gasteiger partial charge in [-0.25, -0.2) is 4.79 Å². The molecule has 0 N–H and O–H groups in total. The molecule has 0 radical (unpaired) electrons. The highest BCUT2D eigenvalue weighted by atomic mass is 32.2. The zero-order chi connectivity index (χ0) is 7.28. The average molecular weight is 146 g/mol. The molecule has 0 rings (SSSR count). The van der Waals surface area contributed by atoms with E-state index < -0.39 is 0 Å². The van der Waals surface area contributed by atoms with Crippen LogP contribution in [0, 0.1) is 0 Å². The molecular formula is C6H10O2S. The van der Waals surface area contributed by atoms with Crippen molar-refractivity contribution < 1.29 is 8.98 Å². The lowest BCUT2D eigenvalue weighted by molar-refractivity contribution is -0.128. The van der Waals surface area contributed by atoms with Crippen LogP contribution in [0.15, 0.2) is 12.2 Å². The summed E-state index contributed by atoms with van der Waals surface area (Å²) in [5.74, 6) is 0.445. The highest BCUT2D eigenvalue weighted by molar-refractivity contribution is 7.95. The Kier molecular flexibility index (Phi) is 4.22. The van der Waals surface area contributed by atoms with Crippen LogP contribution < -0.4 is 0 Å². The van der Waals surface area contributed by atoms with Crippen LogP contribution in [0.5, 0.6) is 0 Å². The molecule has 0 amide bonds. The van der Waals surface area contributed by atoms with Crippen molar-refractivity contribution in [3.63, 3.8) is 0 Å². The van der Waals surface area contributed by atoms with Gasteiger partial charge in [-0.2, -0.15) is 0 Å². The molecule has 0 atom stereocenters. The lowest BCUT2D eigenvalue weighted by atomic mass is 10.4. The van der Waals surface area contributed by atoms with E-state index >= 15 is 0 Å². The van der Waals surface area contributed by atoms with Gasteiger partial charge in [0.1, 0.15) is 0 Å². The van der Waals surface area contributed by atoms with Crippen LogP contribution in [0.3, 0.4) is 0 Å². The van der Waals surface area contributed by atoms with E-state index in [4.69, 9.17) is 0 Å². The van der Waals surface area contributed by atoms with Gasteiger partial charge in [0.25, 0.3) is 0 Å². The van der Waals surface area contributed by atoms with Crippen LogP contribution in [-0.2, 0) is 8.98 Å². The summed E-state index contributed by atoms with van der Waals surface area (Å²) in [5.41, 5.74) is 0.441. The molecule has 0 heterocycles. The Morgan fingerprint density at radius 1 is 1.78 bits per heavy atom. The third-order valence-corrected chi connectivity index (χ3v) is 1.11. The summed E-state index contributed by atoms with van der Waals surface area (Å²) < 4.78 is 4.63. The molecule has 0 spiro atoms. The van der Waals surface area contributed by atoms with Crippen molar-refractivity contribution in [3.05, 3.63) is 12.2 Å². The Morgan fingerprint density at radius 2 is 2.33 bits per heavy atom. The molecule has 0 bridgehead atoms. The van der Waals surface area contributed by atoms with Crippen LogP contribution in [0.4, 0.5) is 0 Å². The molecule has 0 saturated heterocycles. The zero-order valence-corrected chi connectivity index (χ0v) is 6.46. The second kappa shape index (κ2) is 4.44. The Balaban J connectivity index is 3.39. The molecule has 2 nitrogen and oxygen atoms in total. The third kappa shape index (κ3) is 4.09. The van der Waals surface area contributed by atoms with Crippen LogP contribution in [0.1, 0.15) is 13.8 Å². The first-order valence-corrected chi connectivity index (χ1v) is 3.58. The van der Waals surface area contributed by atoms with Crippen molar-refractivity contribution >= 4 is 18.0 Å². The van der Waals surface area contributed by atoms with Gasteiger partial charge in [0.2, 0.25) is 0 Å². The van der Waals surface area contributed by atoms with Crippen molar-refractivity contribution in [2.45, 2.75) is 13.8 Å². The Labute approximate surface area is 59.5 Å². The molecule has 0 aliphatic rings. The summed E-state index contributed by atoms with van der Waals surface area (Å²) in [6.45, 7) is 6.96. The fourth-order valence-electron chi connectivity index (χ4n) is 0.184. The maximum Gasteiger partial charge on any atom is 0.345 e. The summed E-state index contributed by atoms with van der Waals surface area (Å²) >= 11 is 1.13. The quantitative estimate of drug-likeness (QED) is 0.448. The van der Waals surface area contributed by atoms with Gasteiger partial charge in [0.15, 0.2) is 0 Å². The van der Waals surface area contributed by atoms with Crippen molar-refractivity contribution in [2.24, 2.45) is 0 Å². The Bertz CT molecular complexity index is 120. The third-order valence-electron chi connectivity index (χ3n) is 0.601. The number of carbonyl (C=O) groups excluding carboxylic acids is 1. The predicted octanol–water partition coefficient (Wildman–Crippen LogP) is 1.77. The fraction of sp³-hybridized carbons (Fsp3) is 0.500. The van der Waals surface area contributed by atoms with E-state index in [1.54, 1.807) is 6.92 Å². The monoisotopic (exact) mass is 146 g/mol. The Morgan fingerprint density at radius 3 is 2.67 bits per heavy atom. The van der Waals surface area contributed by atoms with Gasteiger partial charge in [0.05, 0.1) is 12.0 Å². The van der Waals surface area contributed by atoms with Gasteiger partial charge in [-0.3, -0.25) is 0 Å². The van der Waals surface area contributed by atoms with E-state index in [-0.39, 0.29) is 5.97 Å². The van der Waals surface area contributed by atoms with Crippen molar-refractivity contribution in [2.75, 3.05) is 5.75 Å². The zero-order valence-electron chi connectivity index (χ0n) is 5.64. The molecule has 0 aliphatic heterocycles. The van der Waals surface area contributed by atoms with Crippen LogP contribution in [0.2, 0.25) is 0 Å². The smallest absolute Gasteiger partial charge is 0.345 e. The number of hydrogen-bond acceptors (Lipinski definition) is 3. The van der Waals surface area contributed by atoms with Gasteiger partial charge in [0, 0.05) is 11.3 Å². The summed E-state index contributed by atoms with van der Waals surface area (Å²) in [5, 5.41) is 0. The first-order valence-electron chi connectivity index (χ1n) is 2.67. The summed E-state index contributed by atoms with van der Waals surface area (Å²) in [6, 6.07) is 0. The molecule has 0 aromatic heterocycles. The molecule has 0 unspecified atom stereocenters. The molecule has 9 heavy (non-hydrogen) atoms. The maximum atomic E-state index is 10.6. The molecule has 0 aromatic carbocycles. The predicted molar refractivity (Wildman–Crippen MR) is 39.0 cm³/mol. The molecule has 0 fully saturated rings. The van der Waals surface area contributed by atoms with Crippen molar-refractivity contribution in [3.8, 4) is 0 Å². The summed E-state index contributed by atoms with van der Waals surface area (Å²) in [7, 11) is 0. The number of carbonyl (C=O) groups is 1. The van der Waals surface area contributed by atoms with Crippen molar-refractivity contribution in [1.82, 2.24) is 0 Å². The fourth-order valence-corrected chi connectivity index (χ4v) is 0.551. The number of hydrogen-bond donors (Lipinski definition) is 0. The van der Waals surface area contributed by atoms with E-state index in [1.165, 1.54) is 0 Å². The number of rotatable bonds is 3. The van der Waals surface area contributed by atoms with Crippen LogP contribution in [0.25, 0.3) is 0 Å². The summed E-state index contributed by atoms with van der Waals surface area (Å²) in [6.07, 6.45) is 0. The van der Waals surface area contributed by atoms with Gasteiger partial charge in [-0.1, -0.05) is 13.5 Å². The van der Waals surface area contributed by atoms with Gasteiger partial charge < -0.3 is 4.18 Å². The van der Waals surface area contributed by atoms with E-state index in [2.05, 4.69) is 10.8 Å². The second-order valence-corrected chi connectivity index (χ2v) is 2.54. The van der Waals surface area contributed by atoms with Crippen LogP contribution in [-0.4, -0.2) is 11.7 Å². The van der Waals surface area contributed by atoms with Gasteiger partial charge in [-0.05, 0) is 6.92 Å². The van der Waals surface area contributed by atoms with E-state index in [9.17, 15) is 4.79 Å². The molecular weight excluding hydrogens is 136 g/mol. The minimum absolute atomic E-state index is 0.332. The molecule has 0 saturated carbocycles. The second-order valence-electron chi connectivity index (χ2n) is 1.56.